The molecule has 0 aliphatic carbocycles. The van der Waals surface area contributed by atoms with Crippen LogP contribution < -0.4 is 5.32 Å². The first kappa shape index (κ1) is 18.6. The summed E-state index contributed by atoms with van der Waals surface area (Å²) in [4.78, 5) is 27.5. The zero-order chi connectivity index (χ0) is 20.6. The van der Waals surface area contributed by atoms with Gasteiger partial charge in [0.2, 0.25) is 11.7 Å². The summed E-state index contributed by atoms with van der Waals surface area (Å²) in [5.41, 5.74) is 3.11. The molecule has 1 aliphatic heterocycles. The minimum Gasteiger partial charge on any atom is -0.493 e. The van der Waals surface area contributed by atoms with Crippen molar-refractivity contribution in [2.75, 3.05) is 0 Å². The molecule has 7 heteroatoms. The van der Waals surface area contributed by atoms with Crippen molar-refractivity contribution in [1.29, 1.82) is 0 Å². The number of nitrogens with one attached hydrogen (secondary N) is 2. The van der Waals surface area contributed by atoms with Gasteiger partial charge in [0, 0.05) is 28.3 Å². The molecule has 0 unspecified atom stereocenters. The molecule has 0 radical (unpaired) electrons. The second kappa shape index (κ2) is 7.01. The van der Waals surface area contributed by atoms with Gasteiger partial charge in [-0.05, 0) is 31.9 Å². The van der Waals surface area contributed by atoms with Gasteiger partial charge in [-0.1, -0.05) is 42.5 Å². The number of hydrogen-bond acceptors (Lipinski definition) is 5. The summed E-state index contributed by atoms with van der Waals surface area (Å²) >= 11 is 0. The van der Waals surface area contributed by atoms with E-state index >= 15 is 0 Å². The van der Waals surface area contributed by atoms with Gasteiger partial charge in [-0.15, -0.1) is 10.2 Å². The van der Waals surface area contributed by atoms with Crippen LogP contribution in [0.2, 0.25) is 0 Å². The number of carbonyl (C=O) groups excluding carboxylic acids is 2. The largest absolute Gasteiger partial charge is 0.493 e. The summed E-state index contributed by atoms with van der Waals surface area (Å²) in [7, 11) is 0. The number of nitrogens with zero attached hydrogens (tertiary/aromatic N) is 2. The molecular weight excluding hydrogens is 368 g/mol. The summed E-state index contributed by atoms with van der Waals surface area (Å²) in [5.74, 6) is -2.01. The number of carbonyl (C=O) groups is 2. The SMILES string of the molecule is CC1(C)Cc2ccccc2C(=CC(=O)C(=O)N=Nc2c(O)[nH]c3ccccc23)N1. The highest BCUT2D eigenvalue weighted by Crippen LogP contribution is 2.35. The van der Waals surface area contributed by atoms with Crippen molar-refractivity contribution < 1.29 is 14.7 Å². The van der Waals surface area contributed by atoms with Crippen LogP contribution in [0.1, 0.15) is 25.0 Å². The molecule has 1 amide bonds. The van der Waals surface area contributed by atoms with Crippen LogP contribution in [0, 0.1) is 0 Å². The molecule has 3 N–H and O–H groups in total. The van der Waals surface area contributed by atoms with Gasteiger partial charge in [0.05, 0.1) is 5.52 Å². The Labute approximate surface area is 167 Å². The molecule has 0 spiro atoms. The Balaban J connectivity index is 1.61. The number of ketones is 1. The molecule has 29 heavy (non-hydrogen) atoms. The van der Waals surface area contributed by atoms with Gasteiger partial charge < -0.3 is 15.4 Å². The summed E-state index contributed by atoms with van der Waals surface area (Å²) in [6.07, 6.45) is 2.07. The normalized spacial score (nSPS) is 16.7. The lowest BCUT2D eigenvalue weighted by Crippen LogP contribution is -2.43. The van der Waals surface area contributed by atoms with Crippen molar-refractivity contribution in [3.05, 3.63) is 65.7 Å². The van der Waals surface area contributed by atoms with Gasteiger partial charge >= 0.3 is 5.91 Å². The number of aromatic nitrogens is 1. The predicted octanol–water partition coefficient (Wildman–Crippen LogP) is 4.02. The highest BCUT2D eigenvalue weighted by molar-refractivity contribution is 6.42. The third-order valence-electron chi connectivity index (χ3n) is 4.80. The van der Waals surface area contributed by atoms with E-state index in [-0.39, 0.29) is 17.1 Å². The van der Waals surface area contributed by atoms with Crippen molar-refractivity contribution in [2.24, 2.45) is 10.2 Å². The second-order valence-corrected chi connectivity index (χ2v) is 7.64. The summed E-state index contributed by atoms with van der Waals surface area (Å²) in [5, 5.41) is 21.2. The first-order chi connectivity index (χ1) is 13.8. The fourth-order valence-electron chi connectivity index (χ4n) is 3.55. The Morgan fingerprint density at radius 2 is 1.83 bits per heavy atom. The fourth-order valence-corrected chi connectivity index (χ4v) is 3.55. The first-order valence-electron chi connectivity index (χ1n) is 9.22. The number of aromatic amines is 1. The van der Waals surface area contributed by atoms with Crippen molar-refractivity contribution >= 4 is 34.0 Å². The minimum atomic E-state index is -1.01. The van der Waals surface area contributed by atoms with Crippen molar-refractivity contribution in [3.63, 3.8) is 0 Å². The lowest BCUT2D eigenvalue weighted by atomic mass is 9.85. The molecule has 0 atom stereocenters. The summed E-state index contributed by atoms with van der Waals surface area (Å²) in [6.45, 7) is 4.06. The molecule has 0 saturated heterocycles. The fraction of sp³-hybridized carbons (Fsp3) is 0.182. The molecule has 1 aromatic heterocycles. The smallest absolute Gasteiger partial charge is 0.335 e. The lowest BCUT2D eigenvalue weighted by Gasteiger charge is -2.35. The van der Waals surface area contributed by atoms with E-state index in [0.717, 1.165) is 17.5 Å². The predicted molar refractivity (Wildman–Crippen MR) is 110 cm³/mol. The standard InChI is InChI=1S/C22H20N4O3/c1-22(2)12-13-7-3-4-8-14(13)17(24-22)11-18(27)20(28)26-25-19-15-9-5-6-10-16(15)23-21(19)29/h3-11,23-24,29H,12H2,1-2H3. The Morgan fingerprint density at radius 3 is 2.66 bits per heavy atom. The van der Waals surface area contributed by atoms with Crippen molar-refractivity contribution in [3.8, 4) is 5.88 Å². The molecule has 0 bridgehead atoms. The highest BCUT2D eigenvalue weighted by atomic mass is 16.3. The van der Waals surface area contributed by atoms with Crippen LogP contribution in [-0.4, -0.2) is 27.3 Å². The van der Waals surface area contributed by atoms with E-state index < -0.39 is 11.7 Å². The van der Waals surface area contributed by atoms with Gasteiger partial charge in [-0.25, -0.2) is 0 Å². The third kappa shape index (κ3) is 3.67. The molecule has 2 heterocycles. The molecule has 1 aliphatic rings. The monoisotopic (exact) mass is 388 g/mol. The number of aromatic hydroxyl groups is 1. The number of amides is 1. The van der Waals surface area contributed by atoms with Crippen LogP contribution in [0.15, 0.2) is 64.8 Å². The number of para-hydroxylation sites is 1. The molecule has 146 valence electrons. The Bertz CT molecular complexity index is 1190. The van der Waals surface area contributed by atoms with Crippen molar-refractivity contribution in [2.45, 2.75) is 25.8 Å². The van der Waals surface area contributed by atoms with Crippen LogP contribution in [0.3, 0.4) is 0 Å². The molecule has 3 aromatic rings. The van der Waals surface area contributed by atoms with Crippen molar-refractivity contribution in [1.82, 2.24) is 10.3 Å². The zero-order valence-electron chi connectivity index (χ0n) is 16.1. The molecule has 7 nitrogen and oxygen atoms in total. The van der Waals surface area contributed by atoms with Crippen LogP contribution >= 0.6 is 0 Å². The van der Waals surface area contributed by atoms with E-state index in [2.05, 4.69) is 20.5 Å². The number of benzene rings is 2. The molecule has 4 rings (SSSR count). The number of rotatable bonds is 3. The van der Waals surface area contributed by atoms with Crippen LogP contribution in [-0.2, 0) is 16.0 Å². The van der Waals surface area contributed by atoms with Gasteiger partial charge in [-0.2, -0.15) is 0 Å². The number of H-pyrrole nitrogens is 1. The summed E-state index contributed by atoms with van der Waals surface area (Å²) < 4.78 is 0. The van der Waals surface area contributed by atoms with Gasteiger partial charge in [0.15, 0.2) is 5.69 Å². The maximum absolute atomic E-state index is 12.5. The first-order valence-corrected chi connectivity index (χ1v) is 9.22. The maximum Gasteiger partial charge on any atom is 0.335 e. The van der Waals surface area contributed by atoms with E-state index in [1.165, 1.54) is 6.08 Å². The van der Waals surface area contributed by atoms with Gasteiger partial charge in [0.1, 0.15) is 0 Å². The van der Waals surface area contributed by atoms with E-state index in [1.54, 1.807) is 24.3 Å². The quantitative estimate of drug-likeness (QED) is 0.358. The second-order valence-electron chi connectivity index (χ2n) is 7.64. The van der Waals surface area contributed by atoms with Crippen LogP contribution in [0.25, 0.3) is 16.6 Å². The molecule has 2 aromatic carbocycles. The number of hydrogen-bond donors (Lipinski definition) is 3. The molecule has 0 fully saturated rings. The Hall–Kier alpha value is -3.74. The van der Waals surface area contributed by atoms with Gasteiger partial charge in [-0.3, -0.25) is 9.59 Å². The number of fused-ring (bicyclic) bond motifs is 2. The molecule has 0 saturated carbocycles. The average molecular weight is 388 g/mol. The van der Waals surface area contributed by atoms with E-state index in [1.807, 2.05) is 38.1 Å². The summed E-state index contributed by atoms with van der Waals surface area (Å²) in [6, 6.07) is 14.8. The average Bonchev–Trinajstić information content (AvgIpc) is 3.00. The van der Waals surface area contributed by atoms with Crippen LogP contribution in [0.4, 0.5) is 5.69 Å². The highest BCUT2D eigenvalue weighted by Gasteiger charge is 2.28. The minimum absolute atomic E-state index is 0.122. The topological polar surface area (TPSA) is 107 Å². The molecular formula is C22H20N4O3. The van der Waals surface area contributed by atoms with Gasteiger partial charge in [0.25, 0.3) is 0 Å². The van der Waals surface area contributed by atoms with E-state index in [4.69, 9.17) is 0 Å². The Morgan fingerprint density at radius 1 is 1.10 bits per heavy atom. The van der Waals surface area contributed by atoms with E-state index in [9.17, 15) is 14.7 Å². The zero-order valence-corrected chi connectivity index (χ0v) is 16.1. The van der Waals surface area contributed by atoms with E-state index in [0.29, 0.717) is 16.6 Å². The number of azo groups is 1. The van der Waals surface area contributed by atoms with Crippen LogP contribution in [0.5, 0.6) is 5.88 Å². The lowest BCUT2D eigenvalue weighted by molar-refractivity contribution is -0.133. The Kier molecular flexibility index (Phi) is 4.50. The maximum atomic E-state index is 12.5. The third-order valence-corrected chi connectivity index (χ3v) is 4.80.